The number of thioether (sulfide) groups is 1. The molecular weight excluding hydrogens is 440 g/mol. The Kier molecular flexibility index (Phi) is 5.37. The van der Waals surface area contributed by atoms with Gasteiger partial charge >= 0.3 is 0 Å². The van der Waals surface area contributed by atoms with E-state index in [1.165, 1.54) is 16.0 Å². The molecule has 2 heterocycles. The average Bonchev–Trinajstić information content (AvgIpc) is 3.27. The molecule has 1 fully saturated rings. The van der Waals surface area contributed by atoms with Crippen molar-refractivity contribution < 1.29 is 9.59 Å². The van der Waals surface area contributed by atoms with Gasteiger partial charge in [-0.2, -0.15) is 0 Å². The molecule has 1 aliphatic heterocycles. The van der Waals surface area contributed by atoms with Crippen molar-refractivity contribution in [3.63, 3.8) is 0 Å². The number of benzene rings is 3. The molecule has 4 aromatic rings. The number of amides is 2. The molecular formula is C26H19ClN2O2S. The van der Waals surface area contributed by atoms with Crippen molar-refractivity contribution in [2.24, 2.45) is 0 Å². The number of nitrogens with zero attached hydrogens (tertiary/aromatic N) is 2. The second-order valence-electron chi connectivity index (χ2n) is 7.71. The number of carbonyl (C=O) groups excluding carboxylic acids is 2. The van der Waals surface area contributed by atoms with Gasteiger partial charge in [0.1, 0.15) is 0 Å². The van der Waals surface area contributed by atoms with E-state index in [-0.39, 0.29) is 11.1 Å². The highest BCUT2D eigenvalue weighted by Crippen LogP contribution is 2.37. The maximum Gasteiger partial charge on any atom is 0.298 e. The summed E-state index contributed by atoms with van der Waals surface area (Å²) in [7, 11) is 0. The lowest BCUT2D eigenvalue weighted by Crippen LogP contribution is -2.27. The smallest absolute Gasteiger partial charge is 0.298 e. The Morgan fingerprint density at radius 3 is 2.41 bits per heavy atom. The summed E-state index contributed by atoms with van der Waals surface area (Å²) in [6.45, 7) is 2.80. The van der Waals surface area contributed by atoms with Gasteiger partial charge in [0.15, 0.2) is 0 Å². The highest BCUT2D eigenvalue weighted by atomic mass is 35.5. The van der Waals surface area contributed by atoms with Gasteiger partial charge < -0.3 is 4.57 Å². The fourth-order valence-electron chi connectivity index (χ4n) is 3.83. The van der Waals surface area contributed by atoms with Crippen LogP contribution in [0.4, 0.5) is 10.5 Å². The lowest BCUT2D eigenvalue weighted by molar-refractivity contribution is -0.113. The third-order valence-electron chi connectivity index (χ3n) is 5.46. The summed E-state index contributed by atoms with van der Waals surface area (Å²) in [5.74, 6) is -0.322. The van der Waals surface area contributed by atoms with Crippen LogP contribution in [-0.2, 0) is 11.3 Å². The summed E-state index contributed by atoms with van der Waals surface area (Å²) in [4.78, 5) is 27.2. The first-order chi connectivity index (χ1) is 15.5. The summed E-state index contributed by atoms with van der Waals surface area (Å²) < 4.78 is 2.18. The fraction of sp³-hybridized carbons (Fsp3) is 0.0769. The molecule has 6 heteroatoms. The van der Waals surface area contributed by atoms with Crippen molar-refractivity contribution in [3.05, 3.63) is 106 Å². The molecule has 0 atom stereocenters. The van der Waals surface area contributed by atoms with E-state index in [9.17, 15) is 9.59 Å². The van der Waals surface area contributed by atoms with Gasteiger partial charge in [0.05, 0.1) is 10.6 Å². The predicted molar refractivity (Wildman–Crippen MR) is 132 cm³/mol. The first-order valence-electron chi connectivity index (χ1n) is 10.2. The molecule has 0 saturated carbocycles. The van der Waals surface area contributed by atoms with Crippen LogP contribution in [-0.4, -0.2) is 15.7 Å². The Hall–Kier alpha value is -3.28. The Balaban J connectivity index is 1.51. The lowest BCUT2D eigenvalue weighted by Gasteiger charge is -2.12. The van der Waals surface area contributed by atoms with E-state index >= 15 is 0 Å². The van der Waals surface area contributed by atoms with E-state index in [0.717, 1.165) is 34.8 Å². The monoisotopic (exact) mass is 458 g/mol. The number of anilines is 1. The van der Waals surface area contributed by atoms with Crippen LogP contribution in [0.15, 0.2) is 83.9 Å². The maximum absolute atomic E-state index is 13.0. The molecule has 0 radical (unpaired) electrons. The summed E-state index contributed by atoms with van der Waals surface area (Å²) in [6, 6.07) is 23.2. The molecule has 3 aromatic carbocycles. The lowest BCUT2D eigenvalue weighted by atomic mass is 10.1. The molecule has 2 amide bonds. The van der Waals surface area contributed by atoms with Crippen LogP contribution in [0.1, 0.15) is 16.7 Å². The van der Waals surface area contributed by atoms with E-state index < -0.39 is 0 Å². The summed E-state index contributed by atoms with van der Waals surface area (Å²) >= 11 is 6.90. The average molecular weight is 459 g/mol. The first kappa shape index (κ1) is 20.6. The number of aromatic nitrogens is 1. The molecule has 0 unspecified atom stereocenters. The summed E-state index contributed by atoms with van der Waals surface area (Å²) in [5, 5.41) is 1.28. The zero-order valence-corrected chi connectivity index (χ0v) is 18.9. The standard InChI is InChI=1S/C26H19ClN2O2S/c1-17-6-8-18(9-7-17)15-28-16-19(22-4-2-3-5-23(22)28)14-24-25(30)29(26(31)32-24)21-12-10-20(27)11-13-21/h2-14,16H,15H2,1H3/b24-14+. The van der Waals surface area contributed by atoms with Crippen LogP contribution in [0, 0.1) is 6.92 Å². The number of aryl methyl sites for hydroxylation is 1. The first-order valence-corrected chi connectivity index (χ1v) is 11.4. The zero-order chi connectivity index (χ0) is 22.2. The van der Waals surface area contributed by atoms with Crippen LogP contribution >= 0.6 is 23.4 Å². The molecule has 0 N–H and O–H groups in total. The minimum atomic E-state index is -0.322. The van der Waals surface area contributed by atoms with Gasteiger partial charge in [-0.25, -0.2) is 4.90 Å². The van der Waals surface area contributed by atoms with Crippen LogP contribution in [0.3, 0.4) is 0 Å². The quantitative estimate of drug-likeness (QED) is 0.312. The SMILES string of the molecule is Cc1ccc(Cn2cc(/C=C3/SC(=O)N(c4ccc(Cl)cc4)C3=O)c3ccccc32)cc1. The minimum absolute atomic E-state index is 0.313. The normalized spacial score (nSPS) is 15.3. The van der Waals surface area contributed by atoms with Crippen LogP contribution < -0.4 is 4.90 Å². The maximum atomic E-state index is 13.0. The van der Waals surface area contributed by atoms with Crippen LogP contribution in [0.5, 0.6) is 0 Å². The molecule has 4 nitrogen and oxygen atoms in total. The van der Waals surface area contributed by atoms with E-state index in [1.54, 1.807) is 24.3 Å². The second kappa shape index (κ2) is 8.34. The molecule has 1 aromatic heterocycles. The van der Waals surface area contributed by atoms with E-state index in [4.69, 9.17) is 11.6 Å². The van der Waals surface area contributed by atoms with Crippen molar-refractivity contribution in [3.8, 4) is 0 Å². The Morgan fingerprint density at radius 2 is 1.66 bits per heavy atom. The number of rotatable bonds is 4. The van der Waals surface area contributed by atoms with Crippen molar-refractivity contribution in [1.29, 1.82) is 0 Å². The van der Waals surface area contributed by atoms with Crippen molar-refractivity contribution in [2.75, 3.05) is 4.90 Å². The van der Waals surface area contributed by atoms with Crippen LogP contribution in [0.2, 0.25) is 5.02 Å². The molecule has 0 spiro atoms. The number of hydrogen-bond acceptors (Lipinski definition) is 3. The summed E-state index contributed by atoms with van der Waals surface area (Å²) in [5.41, 5.74) is 4.93. The number of carbonyl (C=O) groups is 2. The highest BCUT2D eigenvalue weighted by Gasteiger charge is 2.36. The number of halogens is 1. The molecule has 32 heavy (non-hydrogen) atoms. The molecule has 158 valence electrons. The van der Waals surface area contributed by atoms with Crippen molar-refractivity contribution in [2.45, 2.75) is 13.5 Å². The second-order valence-corrected chi connectivity index (χ2v) is 9.14. The fourth-order valence-corrected chi connectivity index (χ4v) is 4.79. The Bertz CT molecular complexity index is 1370. The summed E-state index contributed by atoms with van der Waals surface area (Å²) in [6.07, 6.45) is 3.86. The number of fused-ring (bicyclic) bond motifs is 1. The van der Waals surface area contributed by atoms with Crippen molar-refractivity contribution in [1.82, 2.24) is 4.57 Å². The number of para-hydroxylation sites is 1. The van der Waals surface area contributed by atoms with Gasteiger partial charge in [-0.1, -0.05) is 59.6 Å². The van der Waals surface area contributed by atoms with Crippen molar-refractivity contribution >= 4 is 57.2 Å². The minimum Gasteiger partial charge on any atom is -0.342 e. The van der Waals surface area contributed by atoms with Gasteiger partial charge in [0.25, 0.3) is 11.1 Å². The van der Waals surface area contributed by atoms with Gasteiger partial charge in [-0.05, 0) is 60.7 Å². The van der Waals surface area contributed by atoms with Gasteiger partial charge in [0, 0.05) is 34.2 Å². The molecule has 1 aliphatic rings. The largest absolute Gasteiger partial charge is 0.342 e. The number of hydrogen-bond donors (Lipinski definition) is 0. The molecule has 1 saturated heterocycles. The highest BCUT2D eigenvalue weighted by molar-refractivity contribution is 8.19. The van der Waals surface area contributed by atoms with E-state index in [2.05, 4.69) is 41.8 Å². The molecule has 0 bridgehead atoms. The van der Waals surface area contributed by atoms with Gasteiger partial charge in [-0.15, -0.1) is 0 Å². The Labute approximate surface area is 195 Å². The third kappa shape index (κ3) is 3.85. The van der Waals surface area contributed by atoms with E-state index in [1.807, 2.05) is 30.5 Å². The van der Waals surface area contributed by atoms with Gasteiger partial charge in [0.2, 0.25) is 0 Å². The zero-order valence-electron chi connectivity index (χ0n) is 17.3. The topological polar surface area (TPSA) is 42.3 Å². The number of imide groups is 1. The molecule has 5 rings (SSSR count). The van der Waals surface area contributed by atoms with Crippen LogP contribution in [0.25, 0.3) is 17.0 Å². The predicted octanol–water partition coefficient (Wildman–Crippen LogP) is 6.89. The Morgan fingerprint density at radius 1 is 0.938 bits per heavy atom. The molecule has 0 aliphatic carbocycles. The third-order valence-corrected chi connectivity index (χ3v) is 6.58. The van der Waals surface area contributed by atoms with E-state index in [0.29, 0.717) is 15.6 Å². The van der Waals surface area contributed by atoms with Gasteiger partial charge in [-0.3, -0.25) is 9.59 Å².